The summed E-state index contributed by atoms with van der Waals surface area (Å²) in [6.45, 7) is 3.21. The van der Waals surface area contributed by atoms with Crippen molar-refractivity contribution in [3.63, 3.8) is 0 Å². The number of carbonyl (C=O) groups is 1. The van der Waals surface area contributed by atoms with Crippen LogP contribution in [0.5, 0.6) is 0 Å². The molecule has 1 unspecified atom stereocenters. The van der Waals surface area contributed by atoms with E-state index < -0.39 is 23.8 Å². The summed E-state index contributed by atoms with van der Waals surface area (Å²) >= 11 is 0. The number of nitrogens with zero attached hydrogens (tertiary/aromatic N) is 4. The van der Waals surface area contributed by atoms with E-state index in [0.29, 0.717) is 24.6 Å². The number of nitrogens with two attached hydrogens (primary N) is 1. The minimum Gasteiger partial charge on any atom is -0.340 e. The molecule has 146 valence electrons. The fourth-order valence-electron chi connectivity index (χ4n) is 3.75. The largest absolute Gasteiger partial charge is 0.340 e. The Morgan fingerprint density at radius 2 is 2.00 bits per heavy atom. The van der Waals surface area contributed by atoms with Gasteiger partial charge in [0.15, 0.2) is 11.6 Å². The number of imidazole rings is 1. The molecular weight excluding hydrogens is 359 g/mol. The number of rotatable bonds is 3. The monoisotopic (exact) mass is 381 g/mol. The minimum atomic E-state index is -1.10. The summed E-state index contributed by atoms with van der Waals surface area (Å²) in [5.74, 6) is -1.72. The van der Waals surface area contributed by atoms with Gasteiger partial charge in [-0.15, -0.1) is 0 Å². The van der Waals surface area contributed by atoms with Gasteiger partial charge in [0.2, 0.25) is 11.9 Å². The third kappa shape index (κ3) is 3.13. The summed E-state index contributed by atoms with van der Waals surface area (Å²) in [5, 5.41) is 0. The summed E-state index contributed by atoms with van der Waals surface area (Å²) in [6.07, 6.45) is 0.0872. The Bertz CT molecular complexity index is 885. The van der Waals surface area contributed by atoms with Crippen LogP contribution in [0.3, 0.4) is 0 Å². The van der Waals surface area contributed by atoms with E-state index in [2.05, 4.69) is 4.98 Å². The average molecular weight is 381 g/mol. The lowest BCUT2D eigenvalue weighted by atomic mass is 10.1. The Hall–Kier alpha value is -2.29. The first-order valence-corrected chi connectivity index (χ1v) is 9.14. The second-order valence-electron chi connectivity index (χ2n) is 7.39. The first kappa shape index (κ1) is 18.1. The molecule has 0 bridgehead atoms. The molecule has 2 saturated heterocycles. The molecule has 6 nitrogen and oxygen atoms in total. The Kier molecular flexibility index (Phi) is 4.49. The summed E-state index contributed by atoms with van der Waals surface area (Å²) in [5.41, 5.74) is 6.44. The minimum absolute atomic E-state index is 0.0357. The van der Waals surface area contributed by atoms with Gasteiger partial charge in [-0.3, -0.25) is 4.79 Å². The lowest BCUT2D eigenvalue weighted by Crippen LogP contribution is -2.52. The molecule has 2 aliphatic rings. The zero-order chi connectivity index (χ0) is 19.3. The van der Waals surface area contributed by atoms with Gasteiger partial charge in [0.05, 0.1) is 17.1 Å². The summed E-state index contributed by atoms with van der Waals surface area (Å²) in [6, 6.07) is 1.56. The van der Waals surface area contributed by atoms with Gasteiger partial charge in [0, 0.05) is 37.8 Å². The number of anilines is 1. The quantitative estimate of drug-likeness (QED) is 0.881. The van der Waals surface area contributed by atoms with E-state index in [9.17, 15) is 18.0 Å². The molecule has 2 aromatic rings. The highest BCUT2D eigenvalue weighted by Crippen LogP contribution is 2.28. The zero-order valence-electron chi connectivity index (χ0n) is 15.0. The van der Waals surface area contributed by atoms with E-state index in [1.807, 2.05) is 6.92 Å². The van der Waals surface area contributed by atoms with Crippen molar-refractivity contribution in [1.29, 1.82) is 0 Å². The molecular formula is C18H22F3N5O. The number of hydrogen-bond acceptors (Lipinski definition) is 4. The van der Waals surface area contributed by atoms with Gasteiger partial charge in [-0.2, -0.15) is 0 Å². The Morgan fingerprint density at radius 1 is 1.26 bits per heavy atom. The molecule has 0 radical (unpaired) electrons. The molecule has 3 heterocycles. The summed E-state index contributed by atoms with van der Waals surface area (Å²) in [4.78, 5) is 20.6. The van der Waals surface area contributed by atoms with Crippen molar-refractivity contribution in [2.24, 2.45) is 5.73 Å². The molecule has 2 N–H and O–H groups in total. The van der Waals surface area contributed by atoms with Gasteiger partial charge in [-0.05, 0) is 19.8 Å². The van der Waals surface area contributed by atoms with Crippen LogP contribution in [0.25, 0.3) is 11.0 Å². The fourth-order valence-corrected chi connectivity index (χ4v) is 3.75. The van der Waals surface area contributed by atoms with Crippen molar-refractivity contribution >= 4 is 22.9 Å². The van der Waals surface area contributed by atoms with Crippen LogP contribution in [-0.4, -0.2) is 58.2 Å². The van der Waals surface area contributed by atoms with Crippen molar-refractivity contribution in [1.82, 2.24) is 14.5 Å². The Morgan fingerprint density at radius 3 is 2.63 bits per heavy atom. The van der Waals surface area contributed by atoms with E-state index in [0.717, 1.165) is 18.6 Å². The van der Waals surface area contributed by atoms with Gasteiger partial charge in [0.1, 0.15) is 12.7 Å². The molecule has 27 heavy (non-hydrogen) atoms. The van der Waals surface area contributed by atoms with Gasteiger partial charge < -0.3 is 20.1 Å². The molecule has 9 heteroatoms. The van der Waals surface area contributed by atoms with E-state index in [1.54, 1.807) is 14.4 Å². The van der Waals surface area contributed by atoms with E-state index >= 15 is 0 Å². The highest BCUT2D eigenvalue weighted by Gasteiger charge is 2.32. The van der Waals surface area contributed by atoms with Crippen LogP contribution in [0, 0.1) is 11.6 Å². The smallest absolute Gasteiger partial charge is 0.242 e. The lowest BCUT2D eigenvalue weighted by molar-refractivity contribution is -0.138. The predicted octanol–water partition coefficient (Wildman–Crippen LogP) is 1.81. The molecule has 1 aromatic carbocycles. The number of hydrogen-bond donors (Lipinski definition) is 1. The van der Waals surface area contributed by atoms with Gasteiger partial charge in [-0.1, -0.05) is 0 Å². The number of fused-ring (bicyclic) bond motifs is 1. The van der Waals surface area contributed by atoms with Crippen LogP contribution in [0.2, 0.25) is 0 Å². The molecule has 0 aliphatic carbocycles. The van der Waals surface area contributed by atoms with Crippen LogP contribution >= 0.6 is 0 Å². The maximum absolute atomic E-state index is 13.8. The van der Waals surface area contributed by atoms with Crippen LogP contribution in [0.1, 0.15) is 19.8 Å². The standard InChI is InChI=1S/C18H22F3N5O/c1-10-2-5-25(10)17(27)9-26-16-7-13(21)12(20)6-15(16)23-18(26)24-4-3-11(19)14(22)8-24/h6-7,10-11,14H,2-5,8-9,22H2,1H3/t10?,11-,14-/m1/s1. The molecule has 1 aromatic heterocycles. The molecule has 4 rings (SSSR count). The lowest BCUT2D eigenvalue weighted by Gasteiger charge is -2.39. The molecule has 1 amide bonds. The molecule has 3 atom stereocenters. The summed E-state index contributed by atoms with van der Waals surface area (Å²) < 4.78 is 42.8. The van der Waals surface area contributed by atoms with E-state index in [-0.39, 0.29) is 37.0 Å². The number of piperidine rings is 1. The van der Waals surface area contributed by atoms with Crippen molar-refractivity contribution in [3.8, 4) is 0 Å². The Labute approximate surface area is 154 Å². The second-order valence-corrected chi connectivity index (χ2v) is 7.39. The van der Waals surface area contributed by atoms with Crippen LogP contribution in [0.15, 0.2) is 12.1 Å². The summed E-state index contributed by atoms with van der Waals surface area (Å²) in [7, 11) is 0. The Balaban J connectivity index is 1.73. The molecule has 0 saturated carbocycles. The van der Waals surface area contributed by atoms with Crippen molar-refractivity contribution in [2.45, 2.75) is 44.6 Å². The van der Waals surface area contributed by atoms with E-state index in [1.165, 1.54) is 0 Å². The number of alkyl halides is 1. The third-order valence-corrected chi connectivity index (χ3v) is 5.56. The number of amides is 1. The number of carbonyl (C=O) groups excluding carboxylic acids is 1. The van der Waals surface area contributed by atoms with Gasteiger partial charge in [-0.25, -0.2) is 18.2 Å². The first-order valence-electron chi connectivity index (χ1n) is 9.14. The topological polar surface area (TPSA) is 67.4 Å². The number of aromatic nitrogens is 2. The van der Waals surface area contributed by atoms with Crippen LogP contribution < -0.4 is 10.6 Å². The number of benzene rings is 1. The average Bonchev–Trinajstić information content (AvgIpc) is 2.94. The first-order chi connectivity index (χ1) is 12.8. The highest BCUT2D eigenvalue weighted by molar-refractivity contribution is 5.84. The zero-order valence-corrected chi connectivity index (χ0v) is 15.0. The fraction of sp³-hybridized carbons (Fsp3) is 0.556. The van der Waals surface area contributed by atoms with Crippen LogP contribution in [-0.2, 0) is 11.3 Å². The van der Waals surface area contributed by atoms with Crippen LogP contribution in [0.4, 0.5) is 19.1 Å². The van der Waals surface area contributed by atoms with Gasteiger partial charge in [0.25, 0.3) is 0 Å². The van der Waals surface area contributed by atoms with Gasteiger partial charge >= 0.3 is 0 Å². The maximum atomic E-state index is 13.8. The van der Waals surface area contributed by atoms with Crippen molar-refractivity contribution in [2.75, 3.05) is 24.5 Å². The highest BCUT2D eigenvalue weighted by atomic mass is 19.2. The normalized spacial score (nSPS) is 25.7. The molecule has 2 fully saturated rings. The van der Waals surface area contributed by atoms with Crippen molar-refractivity contribution in [3.05, 3.63) is 23.8 Å². The SMILES string of the molecule is CC1CCN1C(=O)Cn1c(N2CC[C@@H](F)[C@H](N)C2)nc2cc(F)c(F)cc21. The second kappa shape index (κ2) is 6.70. The predicted molar refractivity (Wildman–Crippen MR) is 95.1 cm³/mol. The number of halogens is 3. The number of likely N-dealkylation sites (tertiary alicyclic amines) is 1. The third-order valence-electron chi connectivity index (χ3n) is 5.56. The van der Waals surface area contributed by atoms with E-state index in [4.69, 9.17) is 5.73 Å². The molecule has 2 aliphatic heterocycles. The maximum Gasteiger partial charge on any atom is 0.242 e. The van der Waals surface area contributed by atoms with Crippen molar-refractivity contribution < 1.29 is 18.0 Å². The molecule has 0 spiro atoms.